The number of piperidine rings is 1. The first-order valence-electron chi connectivity index (χ1n) is 12.5. The molecule has 4 aromatic rings. The molecule has 0 bridgehead atoms. The van der Waals surface area contributed by atoms with Crippen LogP contribution in [0.5, 0.6) is 0 Å². The van der Waals surface area contributed by atoms with E-state index < -0.39 is 17.8 Å². The molecule has 1 amide bonds. The van der Waals surface area contributed by atoms with E-state index in [0.29, 0.717) is 46.7 Å². The Morgan fingerprint density at radius 2 is 1.95 bits per heavy atom. The lowest BCUT2D eigenvalue weighted by atomic mass is 9.92. The number of carbonyl (C=O) groups is 1. The molecule has 204 valence electrons. The number of β-amino-alcohol motifs (C(OH)–C–C–N with tert-alkyl or cyclic N) is 1. The molecule has 5 heterocycles. The van der Waals surface area contributed by atoms with Crippen molar-refractivity contribution in [3.63, 3.8) is 0 Å². The number of likely N-dealkylation sites (tertiary alicyclic amines) is 1. The molecule has 0 unspecified atom stereocenters. The number of amides is 1. The number of anilines is 2. The summed E-state index contributed by atoms with van der Waals surface area (Å²) in [6, 6.07) is 2.67. The van der Waals surface area contributed by atoms with Crippen molar-refractivity contribution in [2.24, 2.45) is 0 Å². The Morgan fingerprint density at radius 1 is 1.18 bits per heavy atom. The molecule has 2 saturated heterocycles. The van der Waals surface area contributed by atoms with E-state index in [1.165, 1.54) is 33.9 Å². The number of hydrogen-bond donors (Lipinski definition) is 2. The molecule has 0 radical (unpaired) electrons. The second-order valence-corrected chi connectivity index (χ2v) is 10.4. The highest BCUT2D eigenvalue weighted by Gasteiger charge is 2.49. The largest absolute Gasteiger partial charge is 0.380 e. The van der Waals surface area contributed by atoms with Crippen molar-refractivity contribution in [2.45, 2.75) is 50.7 Å². The quantitative estimate of drug-likeness (QED) is 0.399. The van der Waals surface area contributed by atoms with E-state index in [1.54, 1.807) is 11.8 Å². The van der Waals surface area contributed by atoms with Gasteiger partial charge >= 0.3 is 0 Å². The van der Waals surface area contributed by atoms with Gasteiger partial charge in [-0.1, -0.05) is 0 Å². The summed E-state index contributed by atoms with van der Waals surface area (Å²) in [6.45, 7) is 3.50. The maximum Gasteiger partial charge on any atom is 0.274 e. The van der Waals surface area contributed by atoms with E-state index in [1.807, 2.05) is 6.92 Å². The van der Waals surface area contributed by atoms with Crippen LogP contribution in [0.25, 0.3) is 16.6 Å². The summed E-state index contributed by atoms with van der Waals surface area (Å²) in [4.78, 5) is 34.0. The highest BCUT2D eigenvalue weighted by Crippen LogP contribution is 2.33. The molecule has 6 rings (SSSR count). The number of alkyl halides is 2. The average molecular weight is 542 g/mol. The minimum Gasteiger partial charge on any atom is -0.380 e. The van der Waals surface area contributed by atoms with E-state index in [0.717, 1.165) is 6.42 Å². The fraction of sp³-hybridized carbons (Fsp3) is 0.440. The molecular weight excluding hydrogens is 515 g/mol. The third-order valence-electron chi connectivity index (χ3n) is 7.60. The number of nitrogens with two attached hydrogens (primary N) is 1. The van der Waals surface area contributed by atoms with Gasteiger partial charge in [-0.05, 0) is 44.4 Å². The van der Waals surface area contributed by atoms with Crippen LogP contribution in [0.4, 0.5) is 24.9 Å². The SMILES string of the molecule is Cc1cc(F)cc2c1nc(N)n1nc([C@@H]3CC[C@H](C)N(C(=O)c4cnc(N5CC(O)(C(F)F)C5)cn4)C3)nc21. The summed E-state index contributed by atoms with van der Waals surface area (Å²) in [6.07, 6.45) is 1.23. The number of nitrogens with zero attached hydrogens (tertiary/aromatic N) is 8. The Bertz CT molecular complexity index is 1590. The molecule has 0 saturated carbocycles. The van der Waals surface area contributed by atoms with Crippen LogP contribution in [0.15, 0.2) is 24.5 Å². The Kier molecular flexibility index (Phi) is 5.82. The molecular formula is C25H26F3N9O2. The van der Waals surface area contributed by atoms with Gasteiger partial charge in [-0.25, -0.2) is 33.1 Å². The minimum atomic E-state index is -2.85. The maximum atomic E-state index is 14.2. The molecule has 11 nitrogen and oxygen atoms in total. The maximum absolute atomic E-state index is 14.2. The molecule has 3 N–H and O–H groups in total. The number of hydrogen-bond acceptors (Lipinski definition) is 9. The molecule has 14 heteroatoms. The van der Waals surface area contributed by atoms with E-state index in [2.05, 4.69) is 25.0 Å². The molecule has 2 aliphatic heterocycles. The highest BCUT2D eigenvalue weighted by molar-refractivity contribution is 5.94. The standard InChI is InChI=1S/C25H26F3N9O2/c1-12-5-15(26)6-16-19(12)32-24(29)37-21(16)33-20(34-37)14-4-3-13(2)36(9-14)22(38)17-7-31-18(8-30-17)35-10-25(39,11-35)23(27)28/h5-8,13-14,23,39H,3-4,9-11H2,1-2H3,(H2,29,32)/t13-,14+/m0/s1. The Balaban J connectivity index is 1.23. The van der Waals surface area contributed by atoms with Crippen molar-refractivity contribution in [1.82, 2.24) is 34.4 Å². The van der Waals surface area contributed by atoms with Gasteiger partial charge in [0.2, 0.25) is 5.95 Å². The molecule has 1 aromatic carbocycles. The van der Waals surface area contributed by atoms with Crippen molar-refractivity contribution in [1.29, 1.82) is 0 Å². The fourth-order valence-electron chi connectivity index (χ4n) is 5.31. The molecule has 2 atom stereocenters. The van der Waals surface area contributed by atoms with Crippen LogP contribution in [0, 0.1) is 12.7 Å². The van der Waals surface area contributed by atoms with Crippen LogP contribution < -0.4 is 10.6 Å². The fourth-order valence-corrected chi connectivity index (χ4v) is 5.31. The van der Waals surface area contributed by atoms with Crippen molar-refractivity contribution >= 4 is 34.2 Å². The predicted molar refractivity (Wildman–Crippen MR) is 135 cm³/mol. The zero-order valence-electron chi connectivity index (χ0n) is 21.2. The topological polar surface area (TPSA) is 139 Å². The van der Waals surface area contributed by atoms with Crippen molar-refractivity contribution in [3.8, 4) is 0 Å². The monoisotopic (exact) mass is 541 g/mol. The number of aromatic nitrogens is 6. The number of aryl methyl sites for hydroxylation is 1. The zero-order chi connectivity index (χ0) is 27.6. The molecule has 39 heavy (non-hydrogen) atoms. The van der Waals surface area contributed by atoms with Gasteiger partial charge in [0.1, 0.15) is 17.3 Å². The molecule has 0 spiro atoms. The van der Waals surface area contributed by atoms with E-state index >= 15 is 0 Å². The summed E-state index contributed by atoms with van der Waals surface area (Å²) in [5.41, 5.74) is 5.79. The molecule has 2 aliphatic rings. The number of halogens is 3. The van der Waals surface area contributed by atoms with E-state index in [-0.39, 0.29) is 42.6 Å². The Morgan fingerprint density at radius 3 is 2.64 bits per heavy atom. The van der Waals surface area contributed by atoms with Gasteiger partial charge in [0.25, 0.3) is 12.3 Å². The lowest BCUT2D eigenvalue weighted by Crippen LogP contribution is -2.66. The highest BCUT2D eigenvalue weighted by atomic mass is 19.3. The van der Waals surface area contributed by atoms with Gasteiger partial charge in [-0.2, -0.15) is 4.52 Å². The van der Waals surface area contributed by atoms with Gasteiger partial charge in [0.15, 0.2) is 17.1 Å². The number of carbonyl (C=O) groups excluding carboxylic acids is 1. The first-order valence-corrected chi connectivity index (χ1v) is 12.5. The van der Waals surface area contributed by atoms with Gasteiger partial charge in [0, 0.05) is 23.9 Å². The summed E-state index contributed by atoms with van der Waals surface area (Å²) in [5, 5.41) is 14.8. The van der Waals surface area contributed by atoms with Crippen molar-refractivity contribution in [2.75, 3.05) is 30.3 Å². The van der Waals surface area contributed by atoms with E-state index in [9.17, 15) is 23.1 Å². The number of benzene rings is 1. The normalized spacial score (nSPS) is 21.1. The minimum absolute atomic E-state index is 0.0759. The summed E-state index contributed by atoms with van der Waals surface area (Å²) >= 11 is 0. The van der Waals surface area contributed by atoms with Crippen LogP contribution in [-0.4, -0.2) is 83.2 Å². The summed E-state index contributed by atoms with van der Waals surface area (Å²) in [7, 11) is 0. The summed E-state index contributed by atoms with van der Waals surface area (Å²) < 4.78 is 41.4. The number of nitrogen functional groups attached to an aromatic ring is 1. The molecule has 3 aromatic heterocycles. The predicted octanol–water partition coefficient (Wildman–Crippen LogP) is 2.32. The lowest BCUT2D eigenvalue weighted by molar-refractivity contribution is -0.112. The van der Waals surface area contributed by atoms with Crippen molar-refractivity contribution in [3.05, 3.63) is 47.4 Å². The molecule has 0 aliphatic carbocycles. The first-order chi connectivity index (χ1) is 18.5. The van der Waals surface area contributed by atoms with Crippen LogP contribution >= 0.6 is 0 Å². The van der Waals surface area contributed by atoms with Crippen LogP contribution in [0.1, 0.15) is 47.6 Å². The molecule has 2 fully saturated rings. The number of aliphatic hydroxyl groups is 1. The zero-order valence-corrected chi connectivity index (χ0v) is 21.2. The average Bonchev–Trinajstić information content (AvgIpc) is 3.34. The van der Waals surface area contributed by atoms with Gasteiger partial charge in [-0.3, -0.25) is 4.79 Å². The Labute approximate surface area is 220 Å². The summed E-state index contributed by atoms with van der Waals surface area (Å²) in [5.74, 6) is -0.0184. The van der Waals surface area contributed by atoms with Crippen molar-refractivity contribution < 1.29 is 23.1 Å². The van der Waals surface area contributed by atoms with Gasteiger partial charge in [0.05, 0.1) is 31.0 Å². The second-order valence-electron chi connectivity index (χ2n) is 10.4. The lowest BCUT2D eigenvalue weighted by Gasteiger charge is -2.46. The number of rotatable bonds is 4. The van der Waals surface area contributed by atoms with Gasteiger partial charge < -0.3 is 20.6 Å². The van der Waals surface area contributed by atoms with E-state index in [4.69, 9.17) is 5.73 Å². The van der Waals surface area contributed by atoms with Gasteiger partial charge in [-0.15, -0.1) is 5.10 Å². The smallest absolute Gasteiger partial charge is 0.274 e. The van der Waals surface area contributed by atoms with Crippen LogP contribution in [0.3, 0.4) is 0 Å². The Hall–Kier alpha value is -4.07. The second kappa shape index (κ2) is 9.00. The van der Waals surface area contributed by atoms with Crippen LogP contribution in [-0.2, 0) is 0 Å². The third kappa shape index (κ3) is 4.18. The third-order valence-corrected chi connectivity index (χ3v) is 7.60. The van der Waals surface area contributed by atoms with Crippen LogP contribution in [0.2, 0.25) is 0 Å². The first kappa shape index (κ1) is 25.2. The number of fused-ring (bicyclic) bond motifs is 3.